The Morgan fingerprint density at radius 1 is 1.53 bits per heavy atom. The van der Waals surface area contributed by atoms with Gasteiger partial charge in [-0.15, -0.1) is 0 Å². The van der Waals surface area contributed by atoms with Gasteiger partial charge in [0.05, 0.1) is 17.9 Å². The summed E-state index contributed by atoms with van der Waals surface area (Å²) in [5.41, 5.74) is 1.07. The number of rotatable bonds is 7. The first kappa shape index (κ1) is 15.4. The van der Waals surface area contributed by atoms with Crippen LogP contribution in [0.25, 0.3) is 0 Å². The third-order valence-electron chi connectivity index (χ3n) is 2.72. The van der Waals surface area contributed by atoms with Gasteiger partial charge in [0.1, 0.15) is 0 Å². The Balaban J connectivity index is 2.73. The summed E-state index contributed by atoms with van der Waals surface area (Å²) >= 11 is 0. The summed E-state index contributed by atoms with van der Waals surface area (Å²) in [7, 11) is 3.86. The van der Waals surface area contributed by atoms with Gasteiger partial charge in [-0.1, -0.05) is 0 Å². The van der Waals surface area contributed by atoms with Crippen LogP contribution in [-0.2, 0) is 4.74 Å². The molecule has 0 aromatic carbocycles. The Morgan fingerprint density at radius 2 is 2.26 bits per heavy atom. The Kier molecular flexibility index (Phi) is 6.21. The zero-order chi connectivity index (χ0) is 14.3. The fourth-order valence-corrected chi connectivity index (χ4v) is 1.64. The fraction of sp³-hybridized carbons (Fsp3) is 0.615. The number of hydrogen-bond acceptors (Lipinski definition) is 6. The standard InChI is InChI=1S/C13H22N4O2/c1-5-19-12(18)11-9-15-13(16-10(11)2)17(4)8-6-7-14-3/h9,14H,5-8H2,1-4H3. The first-order valence-corrected chi connectivity index (χ1v) is 6.46. The lowest BCUT2D eigenvalue weighted by molar-refractivity contribution is 0.0524. The van der Waals surface area contributed by atoms with Gasteiger partial charge in [0.25, 0.3) is 0 Å². The van der Waals surface area contributed by atoms with Gasteiger partial charge in [-0.25, -0.2) is 14.8 Å². The Labute approximate surface area is 114 Å². The van der Waals surface area contributed by atoms with E-state index in [9.17, 15) is 4.79 Å². The van der Waals surface area contributed by atoms with Crippen molar-refractivity contribution in [2.24, 2.45) is 0 Å². The zero-order valence-corrected chi connectivity index (χ0v) is 12.1. The van der Waals surface area contributed by atoms with Crippen molar-refractivity contribution in [2.75, 3.05) is 38.7 Å². The third-order valence-corrected chi connectivity index (χ3v) is 2.72. The smallest absolute Gasteiger partial charge is 0.341 e. The molecule has 0 aliphatic carbocycles. The van der Waals surface area contributed by atoms with Crippen molar-refractivity contribution in [2.45, 2.75) is 20.3 Å². The number of hydrogen-bond donors (Lipinski definition) is 1. The van der Waals surface area contributed by atoms with Crippen LogP contribution in [0.4, 0.5) is 5.95 Å². The van der Waals surface area contributed by atoms with Gasteiger partial charge in [0, 0.05) is 19.8 Å². The van der Waals surface area contributed by atoms with Crippen LogP contribution in [0, 0.1) is 6.92 Å². The molecule has 0 aliphatic rings. The molecule has 6 heteroatoms. The molecule has 106 valence electrons. The number of nitrogens with one attached hydrogen (secondary N) is 1. The molecule has 19 heavy (non-hydrogen) atoms. The van der Waals surface area contributed by atoms with E-state index >= 15 is 0 Å². The minimum absolute atomic E-state index is 0.351. The van der Waals surface area contributed by atoms with Crippen LogP contribution < -0.4 is 10.2 Å². The minimum Gasteiger partial charge on any atom is -0.462 e. The largest absolute Gasteiger partial charge is 0.462 e. The van der Waals surface area contributed by atoms with Gasteiger partial charge < -0.3 is 15.0 Å². The monoisotopic (exact) mass is 266 g/mol. The highest BCUT2D eigenvalue weighted by molar-refractivity contribution is 5.90. The third kappa shape index (κ3) is 4.48. The number of carbonyl (C=O) groups excluding carboxylic acids is 1. The van der Waals surface area contributed by atoms with Crippen LogP contribution in [-0.4, -0.2) is 49.7 Å². The van der Waals surface area contributed by atoms with Crippen LogP contribution in [0.2, 0.25) is 0 Å². The van der Waals surface area contributed by atoms with Crippen LogP contribution in [0.15, 0.2) is 6.20 Å². The summed E-state index contributed by atoms with van der Waals surface area (Å²) in [5, 5.41) is 3.10. The van der Waals surface area contributed by atoms with Crippen LogP contribution in [0.1, 0.15) is 29.4 Å². The first-order valence-electron chi connectivity index (χ1n) is 6.46. The predicted molar refractivity (Wildman–Crippen MR) is 74.5 cm³/mol. The Hall–Kier alpha value is -1.69. The summed E-state index contributed by atoms with van der Waals surface area (Å²) in [6.07, 6.45) is 2.54. The lowest BCUT2D eigenvalue weighted by Gasteiger charge is -2.17. The highest BCUT2D eigenvalue weighted by atomic mass is 16.5. The van der Waals surface area contributed by atoms with Crippen molar-refractivity contribution in [3.63, 3.8) is 0 Å². The molecule has 0 radical (unpaired) electrons. The summed E-state index contributed by atoms with van der Waals surface area (Å²) in [6, 6.07) is 0. The van der Waals surface area contributed by atoms with E-state index in [1.54, 1.807) is 13.8 Å². The molecule has 0 fully saturated rings. The Morgan fingerprint density at radius 3 is 2.84 bits per heavy atom. The first-order chi connectivity index (χ1) is 9.10. The highest BCUT2D eigenvalue weighted by Gasteiger charge is 2.14. The van der Waals surface area contributed by atoms with E-state index in [0.29, 0.717) is 23.8 Å². The maximum Gasteiger partial charge on any atom is 0.341 e. The van der Waals surface area contributed by atoms with E-state index < -0.39 is 0 Å². The number of nitrogens with zero attached hydrogens (tertiary/aromatic N) is 3. The van der Waals surface area contributed by atoms with Gasteiger partial charge in [0.15, 0.2) is 0 Å². The topological polar surface area (TPSA) is 67.3 Å². The van der Waals surface area contributed by atoms with E-state index in [0.717, 1.165) is 19.5 Å². The van der Waals surface area contributed by atoms with Crippen molar-refractivity contribution in [3.8, 4) is 0 Å². The normalized spacial score (nSPS) is 10.3. The second-order valence-electron chi connectivity index (χ2n) is 4.27. The van der Waals surface area contributed by atoms with E-state index in [1.165, 1.54) is 6.20 Å². The van der Waals surface area contributed by atoms with Crippen molar-refractivity contribution < 1.29 is 9.53 Å². The molecule has 0 atom stereocenters. The molecule has 6 nitrogen and oxygen atoms in total. The summed E-state index contributed by atoms with van der Waals surface area (Å²) in [6.45, 7) is 5.73. The lowest BCUT2D eigenvalue weighted by atomic mass is 10.2. The molecule has 1 rings (SSSR count). The molecule has 1 heterocycles. The van der Waals surface area contributed by atoms with E-state index in [-0.39, 0.29) is 5.97 Å². The number of aryl methyl sites for hydroxylation is 1. The molecular formula is C13H22N4O2. The number of ether oxygens (including phenoxy) is 1. The van der Waals surface area contributed by atoms with Gasteiger partial charge in [-0.05, 0) is 33.9 Å². The Bertz CT molecular complexity index is 423. The summed E-state index contributed by atoms with van der Waals surface area (Å²) in [4.78, 5) is 22.2. The van der Waals surface area contributed by atoms with Gasteiger partial charge >= 0.3 is 5.97 Å². The second kappa shape index (κ2) is 7.68. The molecule has 1 aromatic rings. The lowest BCUT2D eigenvalue weighted by Crippen LogP contribution is -2.24. The molecule has 0 amide bonds. The average Bonchev–Trinajstić information content (AvgIpc) is 2.39. The zero-order valence-electron chi connectivity index (χ0n) is 12.1. The molecule has 1 N–H and O–H groups in total. The van der Waals surface area contributed by atoms with Gasteiger partial charge in [0.2, 0.25) is 5.95 Å². The van der Waals surface area contributed by atoms with Crippen LogP contribution >= 0.6 is 0 Å². The number of esters is 1. The SMILES string of the molecule is CCOC(=O)c1cnc(N(C)CCCNC)nc1C. The second-order valence-corrected chi connectivity index (χ2v) is 4.27. The van der Waals surface area contributed by atoms with Crippen molar-refractivity contribution >= 4 is 11.9 Å². The molecule has 0 aliphatic heterocycles. The molecule has 0 saturated heterocycles. The fourth-order valence-electron chi connectivity index (χ4n) is 1.64. The van der Waals surface area contributed by atoms with Crippen LogP contribution in [0.3, 0.4) is 0 Å². The van der Waals surface area contributed by atoms with Gasteiger partial charge in [-0.2, -0.15) is 0 Å². The number of carbonyl (C=O) groups is 1. The maximum absolute atomic E-state index is 11.6. The van der Waals surface area contributed by atoms with Crippen LogP contribution in [0.5, 0.6) is 0 Å². The van der Waals surface area contributed by atoms with Gasteiger partial charge in [-0.3, -0.25) is 0 Å². The van der Waals surface area contributed by atoms with Crippen molar-refractivity contribution in [1.82, 2.24) is 15.3 Å². The quantitative estimate of drug-likeness (QED) is 0.587. The molecule has 1 aromatic heterocycles. The average molecular weight is 266 g/mol. The highest BCUT2D eigenvalue weighted by Crippen LogP contribution is 2.11. The summed E-state index contributed by atoms with van der Waals surface area (Å²) in [5.74, 6) is 0.256. The molecule has 0 saturated carbocycles. The number of anilines is 1. The molecule has 0 spiro atoms. The minimum atomic E-state index is -0.371. The maximum atomic E-state index is 11.6. The van der Waals surface area contributed by atoms with Crippen molar-refractivity contribution in [1.29, 1.82) is 0 Å². The predicted octanol–water partition coefficient (Wildman–Crippen LogP) is 1.01. The molecule has 0 bridgehead atoms. The van der Waals surface area contributed by atoms with E-state index in [2.05, 4.69) is 15.3 Å². The van der Waals surface area contributed by atoms with E-state index in [4.69, 9.17) is 4.74 Å². The molecule has 0 unspecified atom stereocenters. The number of aromatic nitrogens is 2. The summed E-state index contributed by atoms with van der Waals surface area (Å²) < 4.78 is 4.95. The van der Waals surface area contributed by atoms with E-state index in [1.807, 2.05) is 19.0 Å². The molecular weight excluding hydrogens is 244 g/mol. The van der Waals surface area contributed by atoms with Crippen molar-refractivity contribution in [3.05, 3.63) is 17.5 Å².